The minimum absolute atomic E-state index is 0.0108. The number of aromatic amines is 1. The molecule has 2 N–H and O–H groups in total. The van der Waals surface area contributed by atoms with Gasteiger partial charge >= 0.3 is 0 Å². The predicted molar refractivity (Wildman–Crippen MR) is 174 cm³/mol. The van der Waals surface area contributed by atoms with Crippen LogP contribution in [0.25, 0.3) is 32.2 Å². The standard InChI is InChI=1S/C34H31N5O3S/c1-20(37-34-25-15-30(41-3)31(42-4)16-28(25)38-21(2)39-34)32-13-14-33(43-32)23-10-6-5-9-22(23)17-35-19-29(40)26-18-36-27-12-8-7-11-24(26)27/h5-16,18-20,36H,17H2,1-4H3,(H,37,38,39). The first kappa shape index (κ1) is 28.1. The third-order valence-electron chi connectivity index (χ3n) is 7.33. The summed E-state index contributed by atoms with van der Waals surface area (Å²) in [6, 6.07) is 24.0. The monoisotopic (exact) mass is 589 g/mol. The molecule has 0 amide bonds. The number of methoxy groups -OCH3 is 2. The van der Waals surface area contributed by atoms with E-state index in [1.165, 1.54) is 6.21 Å². The molecule has 3 aromatic heterocycles. The first-order valence-electron chi connectivity index (χ1n) is 13.9. The third-order valence-corrected chi connectivity index (χ3v) is 8.63. The number of aromatic nitrogens is 3. The molecule has 0 bridgehead atoms. The number of carbonyl (C=O) groups is 1. The van der Waals surface area contributed by atoms with Gasteiger partial charge in [0.25, 0.3) is 0 Å². The molecule has 1 unspecified atom stereocenters. The number of aryl methyl sites for hydroxylation is 1. The van der Waals surface area contributed by atoms with Crippen molar-refractivity contribution in [1.82, 2.24) is 15.0 Å². The Morgan fingerprint density at radius 1 is 1.00 bits per heavy atom. The summed E-state index contributed by atoms with van der Waals surface area (Å²) >= 11 is 1.72. The van der Waals surface area contributed by atoms with E-state index in [4.69, 9.17) is 14.5 Å². The van der Waals surface area contributed by atoms with Crippen molar-refractivity contribution in [2.45, 2.75) is 26.4 Å². The largest absolute Gasteiger partial charge is 0.493 e. The number of benzene rings is 3. The second kappa shape index (κ2) is 12.1. The highest BCUT2D eigenvalue weighted by Crippen LogP contribution is 2.37. The van der Waals surface area contributed by atoms with E-state index in [9.17, 15) is 4.79 Å². The number of ether oxygens (including phenoxy) is 2. The van der Waals surface area contributed by atoms with Crippen LogP contribution < -0.4 is 14.8 Å². The van der Waals surface area contributed by atoms with E-state index in [0.29, 0.717) is 29.4 Å². The smallest absolute Gasteiger partial charge is 0.205 e. The van der Waals surface area contributed by atoms with Crippen molar-refractivity contribution in [2.75, 3.05) is 19.5 Å². The Morgan fingerprint density at radius 2 is 1.77 bits per heavy atom. The fourth-order valence-electron chi connectivity index (χ4n) is 5.16. The Balaban J connectivity index is 1.21. The quantitative estimate of drug-likeness (QED) is 0.125. The van der Waals surface area contributed by atoms with Gasteiger partial charge in [0, 0.05) is 43.9 Å². The fourth-order valence-corrected chi connectivity index (χ4v) is 6.23. The SMILES string of the molecule is COc1cc2nc(C)nc(NC(C)c3ccc(-c4ccccc4CN=CC(=O)c4c[nH]c5ccccc45)s3)c2cc1OC. The van der Waals surface area contributed by atoms with Crippen LogP contribution in [-0.4, -0.2) is 41.2 Å². The number of ketones is 1. The van der Waals surface area contributed by atoms with Crippen molar-refractivity contribution in [3.8, 4) is 21.9 Å². The van der Waals surface area contributed by atoms with Crippen molar-refractivity contribution in [3.05, 3.63) is 101 Å². The van der Waals surface area contributed by atoms with Crippen LogP contribution in [0.5, 0.6) is 11.5 Å². The van der Waals surface area contributed by atoms with Gasteiger partial charge in [0.2, 0.25) is 5.78 Å². The molecule has 3 heterocycles. The lowest BCUT2D eigenvalue weighted by molar-refractivity contribution is 0.107. The van der Waals surface area contributed by atoms with Crippen molar-refractivity contribution < 1.29 is 14.3 Å². The summed E-state index contributed by atoms with van der Waals surface area (Å²) in [6.45, 7) is 4.40. The van der Waals surface area contributed by atoms with Gasteiger partial charge in [-0.05, 0) is 49.2 Å². The topological polar surface area (TPSA) is 101 Å². The first-order chi connectivity index (χ1) is 20.9. The van der Waals surface area contributed by atoms with E-state index in [0.717, 1.165) is 48.5 Å². The number of rotatable bonds is 10. The van der Waals surface area contributed by atoms with Crippen LogP contribution in [0.3, 0.4) is 0 Å². The minimum atomic E-state index is -0.114. The molecule has 1 atom stereocenters. The summed E-state index contributed by atoms with van der Waals surface area (Å²) in [4.78, 5) is 32.1. The number of H-pyrrole nitrogens is 1. The highest BCUT2D eigenvalue weighted by molar-refractivity contribution is 7.15. The van der Waals surface area contributed by atoms with Crippen LogP contribution in [0.2, 0.25) is 0 Å². The van der Waals surface area contributed by atoms with Crippen molar-refractivity contribution in [3.63, 3.8) is 0 Å². The van der Waals surface area contributed by atoms with Gasteiger partial charge in [0.1, 0.15) is 11.6 Å². The zero-order valence-corrected chi connectivity index (χ0v) is 25.2. The third kappa shape index (κ3) is 5.72. The Labute approximate surface area is 253 Å². The summed E-state index contributed by atoms with van der Waals surface area (Å²) in [5.41, 5.74) is 4.50. The predicted octanol–water partition coefficient (Wildman–Crippen LogP) is 7.79. The number of fused-ring (bicyclic) bond motifs is 2. The molecular weight excluding hydrogens is 558 g/mol. The molecule has 3 aromatic carbocycles. The van der Waals surface area contributed by atoms with E-state index in [1.54, 1.807) is 31.8 Å². The number of Topliss-reactive ketones (excluding diaryl/α,β-unsaturated/α-hetero) is 1. The van der Waals surface area contributed by atoms with Gasteiger partial charge in [-0.25, -0.2) is 9.97 Å². The number of nitrogens with zero attached hydrogens (tertiary/aromatic N) is 3. The maximum atomic E-state index is 12.9. The highest BCUT2D eigenvalue weighted by atomic mass is 32.1. The molecule has 0 aliphatic carbocycles. The summed E-state index contributed by atoms with van der Waals surface area (Å²) in [5.74, 6) is 2.54. The molecule has 0 saturated carbocycles. The Hall–Kier alpha value is -5.02. The zero-order chi connectivity index (χ0) is 29.9. The van der Waals surface area contributed by atoms with Crippen LogP contribution >= 0.6 is 11.3 Å². The van der Waals surface area contributed by atoms with Gasteiger partial charge in [-0.3, -0.25) is 9.79 Å². The Bertz CT molecular complexity index is 1980. The highest BCUT2D eigenvalue weighted by Gasteiger charge is 2.17. The van der Waals surface area contributed by atoms with E-state index >= 15 is 0 Å². The number of aliphatic imine (C=N–C) groups is 1. The maximum absolute atomic E-state index is 12.9. The number of hydrogen-bond donors (Lipinski definition) is 2. The number of carbonyl (C=O) groups excluding carboxylic acids is 1. The van der Waals surface area contributed by atoms with E-state index in [1.807, 2.05) is 55.5 Å². The molecule has 0 saturated heterocycles. The molecule has 0 fully saturated rings. The van der Waals surface area contributed by atoms with Crippen molar-refractivity contribution in [1.29, 1.82) is 0 Å². The van der Waals surface area contributed by atoms with Crippen molar-refractivity contribution in [2.24, 2.45) is 4.99 Å². The average Bonchev–Trinajstić information content (AvgIpc) is 3.69. The molecule has 0 aliphatic rings. The lowest BCUT2D eigenvalue weighted by Crippen LogP contribution is -2.08. The molecule has 0 spiro atoms. The minimum Gasteiger partial charge on any atom is -0.493 e. The molecule has 9 heteroatoms. The second-order valence-electron chi connectivity index (χ2n) is 10.2. The number of nitrogens with one attached hydrogen (secondary N) is 2. The Kier molecular flexibility index (Phi) is 7.89. The summed E-state index contributed by atoms with van der Waals surface area (Å²) in [7, 11) is 3.23. The zero-order valence-electron chi connectivity index (χ0n) is 24.3. The Morgan fingerprint density at radius 3 is 2.60 bits per heavy atom. The normalized spacial score (nSPS) is 12.2. The number of hydrogen-bond acceptors (Lipinski definition) is 8. The number of thiophene rings is 1. The average molecular weight is 590 g/mol. The maximum Gasteiger partial charge on any atom is 0.205 e. The van der Waals surface area contributed by atoms with Gasteiger partial charge in [0.15, 0.2) is 11.5 Å². The van der Waals surface area contributed by atoms with Crippen LogP contribution in [0.4, 0.5) is 5.82 Å². The number of para-hydroxylation sites is 1. The molecule has 43 heavy (non-hydrogen) atoms. The van der Waals surface area contributed by atoms with E-state index < -0.39 is 0 Å². The molecule has 6 rings (SSSR count). The molecule has 216 valence electrons. The summed E-state index contributed by atoms with van der Waals surface area (Å²) in [6.07, 6.45) is 3.17. The lowest BCUT2D eigenvalue weighted by atomic mass is 10.1. The first-order valence-corrected chi connectivity index (χ1v) is 14.7. The number of anilines is 1. The molecule has 0 aliphatic heterocycles. The molecule has 0 radical (unpaired) electrons. The lowest BCUT2D eigenvalue weighted by Gasteiger charge is -2.16. The van der Waals surface area contributed by atoms with Gasteiger partial charge in [-0.1, -0.05) is 42.5 Å². The van der Waals surface area contributed by atoms with Gasteiger partial charge in [-0.2, -0.15) is 0 Å². The van der Waals surface area contributed by atoms with Crippen LogP contribution in [-0.2, 0) is 6.54 Å². The summed E-state index contributed by atoms with van der Waals surface area (Å²) in [5, 5.41) is 5.34. The molecule has 8 nitrogen and oxygen atoms in total. The van der Waals surface area contributed by atoms with Crippen LogP contribution in [0, 0.1) is 6.92 Å². The van der Waals surface area contributed by atoms with Gasteiger partial charge in [-0.15, -0.1) is 11.3 Å². The second-order valence-corrected chi connectivity index (χ2v) is 11.3. The van der Waals surface area contributed by atoms with Gasteiger partial charge in [0.05, 0.1) is 38.5 Å². The van der Waals surface area contributed by atoms with Crippen LogP contribution in [0.1, 0.15) is 39.6 Å². The fraction of sp³-hybridized carbons (Fsp3) is 0.176. The van der Waals surface area contributed by atoms with Crippen LogP contribution in [0.15, 0.2) is 84.0 Å². The van der Waals surface area contributed by atoms with E-state index in [-0.39, 0.29) is 11.8 Å². The van der Waals surface area contributed by atoms with Gasteiger partial charge < -0.3 is 19.8 Å². The molecule has 6 aromatic rings. The summed E-state index contributed by atoms with van der Waals surface area (Å²) < 4.78 is 11.0. The molecular formula is C34H31N5O3S. The van der Waals surface area contributed by atoms with Crippen molar-refractivity contribution >= 4 is 51.0 Å². The van der Waals surface area contributed by atoms with E-state index in [2.05, 4.69) is 51.5 Å².